The zero-order chi connectivity index (χ0) is 7.11. The van der Waals surface area contributed by atoms with Gasteiger partial charge < -0.3 is 0 Å². The van der Waals surface area contributed by atoms with Crippen molar-refractivity contribution in [3.8, 4) is 0 Å². The fourth-order valence-electron chi connectivity index (χ4n) is 0.556. The minimum Gasteiger partial charge on any atom is -0.103 e. The van der Waals surface area contributed by atoms with Crippen molar-refractivity contribution in [2.75, 3.05) is 0 Å². The second-order valence-corrected chi connectivity index (χ2v) is 2.03. The van der Waals surface area contributed by atoms with Gasteiger partial charge in [-0.15, -0.1) is 6.58 Å². The Kier molecular flexibility index (Phi) is 4.89. The van der Waals surface area contributed by atoms with E-state index in [0.717, 1.165) is 6.42 Å². The maximum absolute atomic E-state index is 3.64. The van der Waals surface area contributed by atoms with Crippen LogP contribution in [0, 0.1) is 0 Å². The maximum Gasteiger partial charge on any atom is -0.0141 e. The SMILES string of the molecule is C=CC/C(C)=C/C=C/C. The van der Waals surface area contributed by atoms with Crippen LogP contribution >= 0.6 is 0 Å². The van der Waals surface area contributed by atoms with Crippen molar-refractivity contribution in [1.82, 2.24) is 0 Å². The molecule has 0 N–H and O–H groups in total. The standard InChI is InChI=1S/C9H14/c1-4-6-8-9(3)7-5-2/h4-6,8H,2,7H2,1,3H3/b6-4+,9-8+. The second-order valence-electron chi connectivity index (χ2n) is 2.03. The molecule has 0 rings (SSSR count). The highest BCUT2D eigenvalue weighted by atomic mass is 13.8. The van der Waals surface area contributed by atoms with Gasteiger partial charge in [-0.2, -0.15) is 0 Å². The van der Waals surface area contributed by atoms with Crippen molar-refractivity contribution >= 4 is 0 Å². The van der Waals surface area contributed by atoms with Crippen LogP contribution in [-0.4, -0.2) is 0 Å². The van der Waals surface area contributed by atoms with Gasteiger partial charge in [-0.05, 0) is 20.3 Å². The third-order valence-corrected chi connectivity index (χ3v) is 1.04. The van der Waals surface area contributed by atoms with Crippen LogP contribution in [0.25, 0.3) is 0 Å². The lowest BCUT2D eigenvalue weighted by Crippen LogP contribution is -1.68. The van der Waals surface area contributed by atoms with Crippen molar-refractivity contribution in [1.29, 1.82) is 0 Å². The lowest BCUT2D eigenvalue weighted by atomic mass is 10.2. The lowest BCUT2D eigenvalue weighted by molar-refractivity contribution is 1.22. The molecule has 50 valence electrons. The Labute approximate surface area is 57.6 Å². The van der Waals surface area contributed by atoms with Crippen molar-refractivity contribution in [2.45, 2.75) is 20.3 Å². The molecule has 0 aromatic heterocycles. The topological polar surface area (TPSA) is 0 Å². The highest BCUT2D eigenvalue weighted by Crippen LogP contribution is 1.98. The van der Waals surface area contributed by atoms with E-state index >= 15 is 0 Å². The van der Waals surface area contributed by atoms with Gasteiger partial charge in [0.25, 0.3) is 0 Å². The zero-order valence-electron chi connectivity index (χ0n) is 6.22. The van der Waals surface area contributed by atoms with E-state index in [1.807, 2.05) is 25.2 Å². The van der Waals surface area contributed by atoms with E-state index in [1.54, 1.807) is 0 Å². The molecule has 0 aliphatic carbocycles. The summed E-state index contributed by atoms with van der Waals surface area (Å²) in [5, 5.41) is 0. The van der Waals surface area contributed by atoms with Crippen LogP contribution in [0.3, 0.4) is 0 Å². The van der Waals surface area contributed by atoms with Crippen molar-refractivity contribution in [3.05, 3.63) is 36.5 Å². The van der Waals surface area contributed by atoms with Crippen molar-refractivity contribution in [2.24, 2.45) is 0 Å². The smallest absolute Gasteiger partial charge is 0.0141 e. The van der Waals surface area contributed by atoms with Gasteiger partial charge in [0, 0.05) is 0 Å². The number of hydrogen-bond acceptors (Lipinski definition) is 0. The molecule has 0 radical (unpaired) electrons. The number of rotatable bonds is 3. The third kappa shape index (κ3) is 5.09. The van der Waals surface area contributed by atoms with Crippen LogP contribution in [0.5, 0.6) is 0 Å². The molecule has 0 bridgehead atoms. The third-order valence-electron chi connectivity index (χ3n) is 1.04. The van der Waals surface area contributed by atoms with E-state index < -0.39 is 0 Å². The molecular formula is C9H14. The molecule has 0 saturated carbocycles. The summed E-state index contributed by atoms with van der Waals surface area (Å²) >= 11 is 0. The second kappa shape index (κ2) is 5.36. The Bertz CT molecular complexity index is 127. The molecule has 0 nitrogen and oxygen atoms in total. The van der Waals surface area contributed by atoms with E-state index in [1.165, 1.54) is 5.57 Å². The molecule has 0 aromatic rings. The number of allylic oxidation sites excluding steroid dienone is 5. The number of hydrogen-bond donors (Lipinski definition) is 0. The van der Waals surface area contributed by atoms with Crippen LogP contribution in [-0.2, 0) is 0 Å². The van der Waals surface area contributed by atoms with Gasteiger partial charge in [-0.1, -0.05) is 29.9 Å². The molecule has 0 amide bonds. The summed E-state index contributed by atoms with van der Waals surface area (Å²) in [4.78, 5) is 0. The van der Waals surface area contributed by atoms with E-state index in [-0.39, 0.29) is 0 Å². The van der Waals surface area contributed by atoms with Crippen LogP contribution in [0.4, 0.5) is 0 Å². The lowest BCUT2D eigenvalue weighted by Gasteiger charge is -1.88. The molecule has 0 heteroatoms. The molecule has 0 saturated heterocycles. The fraction of sp³-hybridized carbons (Fsp3) is 0.333. The summed E-state index contributed by atoms with van der Waals surface area (Å²) in [6, 6.07) is 0. The average molecular weight is 122 g/mol. The summed E-state index contributed by atoms with van der Waals surface area (Å²) in [5.41, 5.74) is 1.35. The minimum absolute atomic E-state index is 0.990. The summed E-state index contributed by atoms with van der Waals surface area (Å²) in [5.74, 6) is 0. The molecule has 0 aromatic carbocycles. The van der Waals surface area contributed by atoms with Crippen LogP contribution in [0.15, 0.2) is 36.5 Å². The quantitative estimate of drug-likeness (QED) is 0.398. The molecule has 0 aliphatic rings. The first-order valence-electron chi connectivity index (χ1n) is 3.20. The Morgan fingerprint density at radius 1 is 1.56 bits per heavy atom. The summed E-state index contributed by atoms with van der Waals surface area (Å²) in [7, 11) is 0. The summed E-state index contributed by atoms with van der Waals surface area (Å²) in [6.45, 7) is 7.75. The molecule has 0 unspecified atom stereocenters. The normalized spacial score (nSPS) is 12.4. The van der Waals surface area contributed by atoms with Crippen molar-refractivity contribution in [3.63, 3.8) is 0 Å². The predicted octanol–water partition coefficient (Wildman–Crippen LogP) is 3.08. The van der Waals surface area contributed by atoms with E-state index in [2.05, 4.69) is 19.6 Å². The predicted molar refractivity (Wildman–Crippen MR) is 43.4 cm³/mol. The largest absolute Gasteiger partial charge is 0.103 e. The van der Waals surface area contributed by atoms with Gasteiger partial charge in [0.15, 0.2) is 0 Å². The zero-order valence-corrected chi connectivity index (χ0v) is 6.22. The summed E-state index contributed by atoms with van der Waals surface area (Å²) < 4.78 is 0. The van der Waals surface area contributed by atoms with Gasteiger partial charge in [0.1, 0.15) is 0 Å². The van der Waals surface area contributed by atoms with E-state index in [0.29, 0.717) is 0 Å². The first-order chi connectivity index (χ1) is 4.31. The monoisotopic (exact) mass is 122 g/mol. The molecule has 9 heavy (non-hydrogen) atoms. The first-order valence-corrected chi connectivity index (χ1v) is 3.20. The summed E-state index contributed by atoms with van der Waals surface area (Å²) in [6.07, 6.45) is 9.06. The molecular weight excluding hydrogens is 108 g/mol. The highest BCUT2D eigenvalue weighted by molar-refractivity contribution is 5.11. The Balaban J connectivity index is 3.68. The molecule has 0 spiro atoms. The van der Waals surface area contributed by atoms with Gasteiger partial charge in [0.05, 0.1) is 0 Å². The Hall–Kier alpha value is -0.780. The van der Waals surface area contributed by atoms with Gasteiger partial charge >= 0.3 is 0 Å². The average Bonchev–Trinajstić information content (AvgIpc) is 1.85. The minimum atomic E-state index is 0.990. The fourth-order valence-corrected chi connectivity index (χ4v) is 0.556. The van der Waals surface area contributed by atoms with Gasteiger partial charge in [0.2, 0.25) is 0 Å². The van der Waals surface area contributed by atoms with E-state index in [9.17, 15) is 0 Å². The van der Waals surface area contributed by atoms with Gasteiger partial charge in [-0.3, -0.25) is 0 Å². The molecule has 0 aliphatic heterocycles. The van der Waals surface area contributed by atoms with Crippen LogP contribution < -0.4 is 0 Å². The molecule has 0 atom stereocenters. The molecule has 0 heterocycles. The van der Waals surface area contributed by atoms with Crippen molar-refractivity contribution < 1.29 is 0 Å². The molecule has 0 fully saturated rings. The highest BCUT2D eigenvalue weighted by Gasteiger charge is 1.78. The Morgan fingerprint density at radius 2 is 2.22 bits per heavy atom. The Morgan fingerprint density at radius 3 is 2.67 bits per heavy atom. The van der Waals surface area contributed by atoms with Crippen LogP contribution in [0.1, 0.15) is 20.3 Å². The first kappa shape index (κ1) is 8.22. The van der Waals surface area contributed by atoms with E-state index in [4.69, 9.17) is 0 Å². The van der Waals surface area contributed by atoms with Crippen LogP contribution in [0.2, 0.25) is 0 Å². The van der Waals surface area contributed by atoms with Gasteiger partial charge in [-0.25, -0.2) is 0 Å². The maximum atomic E-state index is 3.64.